The molecule has 2 unspecified atom stereocenters. The minimum Gasteiger partial charge on any atom is -0.452 e. The lowest BCUT2D eigenvalue weighted by Crippen LogP contribution is -2.41. The molecule has 0 heterocycles. The Kier molecular flexibility index (Phi) is 5.44. The molecule has 0 aromatic heterocycles. The van der Waals surface area contributed by atoms with Crippen LogP contribution in [0.3, 0.4) is 0 Å². The number of benzene rings is 2. The molecule has 0 aliphatic heterocycles. The van der Waals surface area contributed by atoms with Crippen molar-refractivity contribution in [2.45, 2.75) is 61.0 Å². The first-order valence-corrected chi connectivity index (χ1v) is 10.4. The first-order chi connectivity index (χ1) is 13.0. The van der Waals surface area contributed by atoms with Gasteiger partial charge in [-0.25, -0.2) is 0 Å². The molecule has 0 fully saturated rings. The van der Waals surface area contributed by atoms with Crippen LogP contribution in [0.2, 0.25) is 0 Å². The summed E-state index contributed by atoms with van der Waals surface area (Å²) in [5.41, 5.74) is 4.58. The number of ether oxygens (including phenoxy) is 1. The fourth-order valence-electron chi connectivity index (χ4n) is 4.40. The Bertz CT molecular complexity index is 806. The molecular weight excluding hydrogens is 344 g/mol. The Morgan fingerprint density at radius 2 is 1.32 bits per heavy atom. The summed E-state index contributed by atoms with van der Waals surface area (Å²) in [5.74, 6) is -0.0609. The molecule has 0 amide bonds. The summed E-state index contributed by atoms with van der Waals surface area (Å²) in [6, 6.07) is 16.7. The van der Waals surface area contributed by atoms with Crippen molar-refractivity contribution in [3.05, 3.63) is 70.8 Å². The summed E-state index contributed by atoms with van der Waals surface area (Å²) in [6.07, 6.45) is 0.562. The van der Waals surface area contributed by atoms with Crippen molar-refractivity contribution in [1.29, 1.82) is 0 Å². The standard InChI is InChI=1S/C26H34O2/c1-17(25(2,3)4)22(26(5,6)7)24(27)28-23-20-14-10-8-12-18(20)16-19-13-9-11-15-21(19)23/h8-15,17,22-23H,16H2,1-7H3. The van der Waals surface area contributed by atoms with Gasteiger partial charge in [-0.15, -0.1) is 0 Å². The van der Waals surface area contributed by atoms with E-state index in [1.54, 1.807) is 0 Å². The Labute approximate surface area is 170 Å². The van der Waals surface area contributed by atoms with E-state index in [4.69, 9.17) is 4.74 Å². The van der Waals surface area contributed by atoms with E-state index in [-0.39, 0.29) is 34.7 Å². The molecule has 0 radical (unpaired) electrons. The topological polar surface area (TPSA) is 26.3 Å². The Morgan fingerprint density at radius 1 is 0.857 bits per heavy atom. The van der Waals surface area contributed by atoms with Crippen LogP contribution in [0, 0.1) is 22.7 Å². The molecule has 0 N–H and O–H groups in total. The van der Waals surface area contributed by atoms with E-state index in [2.05, 4.69) is 84.9 Å². The molecule has 1 aliphatic rings. The van der Waals surface area contributed by atoms with Gasteiger partial charge in [-0.1, -0.05) is 97.0 Å². The quantitative estimate of drug-likeness (QED) is 0.565. The van der Waals surface area contributed by atoms with E-state index in [0.29, 0.717) is 0 Å². The Morgan fingerprint density at radius 3 is 1.75 bits per heavy atom. The lowest BCUT2D eigenvalue weighted by molar-refractivity contribution is -0.161. The monoisotopic (exact) mass is 378 g/mol. The summed E-state index contributed by atoms with van der Waals surface area (Å²) >= 11 is 0. The molecule has 28 heavy (non-hydrogen) atoms. The van der Waals surface area contributed by atoms with Gasteiger partial charge in [-0.3, -0.25) is 4.79 Å². The van der Waals surface area contributed by atoms with Crippen LogP contribution in [-0.2, 0) is 16.0 Å². The van der Waals surface area contributed by atoms with Gasteiger partial charge in [0, 0.05) is 11.1 Å². The molecule has 0 saturated heterocycles. The summed E-state index contributed by atoms with van der Waals surface area (Å²) in [4.78, 5) is 13.5. The second kappa shape index (κ2) is 7.39. The second-order valence-electron chi connectivity index (χ2n) is 10.4. The molecule has 2 atom stereocenters. The molecule has 2 heteroatoms. The lowest BCUT2D eigenvalue weighted by Gasteiger charge is -2.41. The van der Waals surface area contributed by atoms with Gasteiger partial charge in [0.15, 0.2) is 6.10 Å². The third-order valence-electron chi connectivity index (χ3n) is 6.34. The molecule has 2 aromatic rings. The minimum atomic E-state index is -0.328. The highest BCUT2D eigenvalue weighted by Crippen LogP contribution is 2.44. The lowest BCUT2D eigenvalue weighted by atomic mass is 9.65. The van der Waals surface area contributed by atoms with Crippen LogP contribution < -0.4 is 0 Å². The number of fused-ring (bicyclic) bond motifs is 2. The second-order valence-corrected chi connectivity index (χ2v) is 10.4. The first-order valence-electron chi connectivity index (χ1n) is 10.4. The van der Waals surface area contributed by atoms with E-state index < -0.39 is 0 Å². The molecule has 0 bridgehead atoms. The smallest absolute Gasteiger partial charge is 0.310 e. The summed E-state index contributed by atoms with van der Waals surface area (Å²) in [5, 5.41) is 0. The van der Waals surface area contributed by atoms with Crippen LogP contribution in [0.1, 0.15) is 76.8 Å². The van der Waals surface area contributed by atoms with Crippen LogP contribution in [0.15, 0.2) is 48.5 Å². The molecule has 0 spiro atoms. The Hall–Kier alpha value is -2.09. The van der Waals surface area contributed by atoms with Gasteiger partial charge >= 0.3 is 5.97 Å². The van der Waals surface area contributed by atoms with Gasteiger partial charge in [-0.2, -0.15) is 0 Å². The fourth-order valence-corrected chi connectivity index (χ4v) is 4.40. The third-order valence-corrected chi connectivity index (χ3v) is 6.34. The molecular formula is C26H34O2. The first kappa shape index (κ1) is 20.6. The van der Waals surface area contributed by atoms with Crippen LogP contribution in [0.5, 0.6) is 0 Å². The molecule has 2 aromatic carbocycles. The van der Waals surface area contributed by atoms with Crippen LogP contribution in [0.4, 0.5) is 0 Å². The van der Waals surface area contributed by atoms with Crippen molar-refractivity contribution in [3.63, 3.8) is 0 Å². The van der Waals surface area contributed by atoms with Crippen molar-refractivity contribution >= 4 is 5.97 Å². The zero-order valence-electron chi connectivity index (χ0n) is 18.4. The van der Waals surface area contributed by atoms with Crippen LogP contribution >= 0.6 is 0 Å². The van der Waals surface area contributed by atoms with Gasteiger partial charge in [0.05, 0.1) is 5.92 Å². The molecule has 3 rings (SSSR count). The maximum atomic E-state index is 13.5. The average molecular weight is 379 g/mol. The molecule has 2 nitrogen and oxygen atoms in total. The predicted octanol–water partition coefficient (Wildman–Crippen LogP) is 6.57. The highest BCUT2D eigenvalue weighted by atomic mass is 16.5. The number of carbonyl (C=O) groups is 1. The average Bonchev–Trinajstić information content (AvgIpc) is 2.59. The zero-order valence-corrected chi connectivity index (χ0v) is 18.4. The highest BCUT2D eigenvalue weighted by Gasteiger charge is 2.43. The molecule has 0 saturated carbocycles. The van der Waals surface area contributed by atoms with Gasteiger partial charge in [0.25, 0.3) is 0 Å². The van der Waals surface area contributed by atoms with Crippen molar-refractivity contribution in [2.75, 3.05) is 0 Å². The molecule has 150 valence electrons. The third kappa shape index (κ3) is 4.01. The van der Waals surface area contributed by atoms with E-state index in [9.17, 15) is 4.79 Å². The largest absolute Gasteiger partial charge is 0.452 e. The van der Waals surface area contributed by atoms with Gasteiger partial charge in [0.1, 0.15) is 0 Å². The summed E-state index contributed by atoms with van der Waals surface area (Å²) in [7, 11) is 0. The summed E-state index contributed by atoms with van der Waals surface area (Å²) in [6.45, 7) is 15.2. The normalized spacial score (nSPS) is 16.7. The Balaban J connectivity index is 1.99. The minimum absolute atomic E-state index is 0.0271. The highest BCUT2D eigenvalue weighted by molar-refractivity contribution is 5.75. The number of esters is 1. The van der Waals surface area contributed by atoms with Crippen LogP contribution in [0.25, 0.3) is 0 Å². The summed E-state index contributed by atoms with van der Waals surface area (Å²) < 4.78 is 6.31. The number of rotatable bonds is 3. The number of carbonyl (C=O) groups excluding carboxylic acids is 1. The van der Waals surface area contributed by atoms with E-state index in [1.807, 2.05) is 12.1 Å². The number of hydrogen-bond donors (Lipinski definition) is 0. The van der Waals surface area contributed by atoms with E-state index in [0.717, 1.165) is 17.5 Å². The van der Waals surface area contributed by atoms with Crippen molar-refractivity contribution < 1.29 is 9.53 Å². The van der Waals surface area contributed by atoms with Crippen molar-refractivity contribution in [2.24, 2.45) is 22.7 Å². The predicted molar refractivity (Wildman–Crippen MR) is 115 cm³/mol. The molecule has 1 aliphatic carbocycles. The SMILES string of the molecule is CC(C(C(=O)OC1c2ccccc2Cc2ccccc21)C(C)(C)C)C(C)(C)C. The van der Waals surface area contributed by atoms with Crippen molar-refractivity contribution in [3.8, 4) is 0 Å². The van der Waals surface area contributed by atoms with Gasteiger partial charge in [-0.05, 0) is 34.3 Å². The maximum Gasteiger partial charge on any atom is 0.310 e. The van der Waals surface area contributed by atoms with Gasteiger partial charge in [0.2, 0.25) is 0 Å². The van der Waals surface area contributed by atoms with Crippen molar-refractivity contribution in [1.82, 2.24) is 0 Å². The van der Waals surface area contributed by atoms with E-state index >= 15 is 0 Å². The van der Waals surface area contributed by atoms with E-state index in [1.165, 1.54) is 11.1 Å². The maximum absolute atomic E-state index is 13.5. The van der Waals surface area contributed by atoms with Gasteiger partial charge < -0.3 is 4.74 Å². The van der Waals surface area contributed by atoms with Crippen LogP contribution in [-0.4, -0.2) is 5.97 Å². The number of hydrogen-bond acceptors (Lipinski definition) is 2. The fraction of sp³-hybridized carbons (Fsp3) is 0.500. The zero-order chi connectivity index (χ0) is 20.7.